The maximum Gasteiger partial charge on any atom is 0.253 e. The highest BCUT2D eigenvalue weighted by Crippen LogP contribution is 2.17. The highest BCUT2D eigenvalue weighted by Gasteiger charge is 2.16. The maximum absolute atomic E-state index is 12.3. The van der Waals surface area contributed by atoms with Crippen LogP contribution in [0.3, 0.4) is 0 Å². The monoisotopic (exact) mass is 260 g/mol. The summed E-state index contributed by atoms with van der Waals surface area (Å²) in [5.74, 6) is 0.284. The molecule has 4 nitrogen and oxygen atoms in total. The topological polar surface area (TPSA) is 65.1 Å². The number of carbonyl (C=O) groups is 1. The molecule has 0 radical (unpaired) electrons. The number of hydrogen-bond acceptors (Lipinski definition) is 2. The van der Waals surface area contributed by atoms with E-state index in [9.17, 15) is 9.90 Å². The summed E-state index contributed by atoms with van der Waals surface area (Å²) in [6.45, 7) is 4.10. The van der Waals surface area contributed by atoms with Crippen molar-refractivity contribution >= 4 is 16.8 Å². The third kappa shape index (κ3) is 3.15. The number of nitrogens with one attached hydrogen (secondary N) is 2. The van der Waals surface area contributed by atoms with Crippen molar-refractivity contribution in [3.63, 3.8) is 0 Å². The molecule has 1 heterocycles. The van der Waals surface area contributed by atoms with Gasteiger partial charge in [0.25, 0.3) is 5.91 Å². The molecule has 3 N–H and O–H groups in total. The van der Waals surface area contributed by atoms with E-state index in [2.05, 4.69) is 24.1 Å². The SMILES string of the molecule is CC(C)CC(CO)NC(=O)c1cccc2cc[nH]c12. The molecule has 0 bridgehead atoms. The average molecular weight is 260 g/mol. The lowest BCUT2D eigenvalue weighted by atomic mass is 10.0. The van der Waals surface area contributed by atoms with Gasteiger partial charge in [0.05, 0.1) is 23.7 Å². The Morgan fingerprint density at radius 1 is 1.37 bits per heavy atom. The summed E-state index contributed by atoms with van der Waals surface area (Å²) in [6.07, 6.45) is 2.59. The average Bonchev–Trinajstić information content (AvgIpc) is 2.85. The van der Waals surface area contributed by atoms with E-state index in [1.54, 1.807) is 6.07 Å². The van der Waals surface area contributed by atoms with Gasteiger partial charge in [0.2, 0.25) is 0 Å². The van der Waals surface area contributed by atoms with Crippen molar-refractivity contribution in [2.24, 2.45) is 5.92 Å². The van der Waals surface area contributed by atoms with Crippen molar-refractivity contribution in [1.82, 2.24) is 10.3 Å². The highest BCUT2D eigenvalue weighted by molar-refractivity contribution is 6.05. The van der Waals surface area contributed by atoms with Crippen molar-refractivity contribution in [2.75, 3.05) is 6.61 Å². The molecule has 1 aromatic carbocycles. The Kier molecular flexibility index (Phi) is 4.22. The molecule has 102 valence electrons. The van der Waals surface area contributed by atoms with E-state index in [0.29, 0.717) is 11.5 Å². The molecule has 1 atom stereocenters. The van der Waals surface area contributed by atoms with Crippen molar-refractivity contribution in [3.8, 4) is 0 Å². The van der Waals surface area contributed by atoms with Gasteiger partial charge < -0.3 is 15.4 Å². The van der Waals surface area contributed by atoms with Gasteiger partial charge in [0.1, 0.15) is 0 Å². The van der Waals surface area contributed by atoms with Crippen LogP contribution in [0.1, 0.15) is 30.6 Å². The largest absolute Gasteiger partial charge is 0.394 e. The van der Waals surface area contributed by atoms with Gasteiger partial charge >= 0.3 is 0 Å². The first-order valence-corrected chi connectivity index (χ1v) is 6.59. The minimum atomic E-state index is -0.197. The van der Waals surface area contributed by atoms with Crippen LogP contribution < -0.4 is 5.32 Å². The molecule has 0 aliphatic carbocycles. The van der Waals surface area contributed by atoms with Gasteiger partial charge in [0.15, 0.2) is 0 Å². The van der Waals surface area contributed by atoms with Crippen molar-refractivity contribution in [1.29, 1.82) is 0 Å². The second kappa shape index (κ2) is 5.89. The molecule has 0 aliphatic heterocycles. The number of aliphatic hydroxyl groups excluding tert-OH is 1. The second-order valence-electron chi connectivity index (χ2n) is 5.23. The van der Waals surface area contributed by atoms with Gasteiger partial charge in [0, 0.05) is 11.6 Å². The molecule has 0 saturated carbocycles. The van der Waals surface area contributed by atoms with E-state index in [-0.39, 0.29) is 18.6 Å². The predicted molar refractivity (Wildman–Crippen MR) is 76.1 cm³/mol. The third-order valence-electron chi connectivity index (χ3n) is 3.14. The van der Waals surface area contributed by atoms with Crippen LogP contribution in [-0.2, 0) is 0 Å². The van der Waals surface area contributed by atoms with E-state index in [0.717, 1.165) is 17.3 Å². The van der Waals surface area contributed by atoms with Gasteiger partial charge in [-0.05, 0) is 24.5 Å². The minimum Gasteiger partial charge on any atom is -0.394 e. The van der Waals surface area contributed by atoms with Crippen LogP contribution in [0.5, 0.6) is 0 Å². The summed E-state index contributed by atoms with van der Waals surface area (Å²) in [6, 6.07) is 7.35. The van der Waals surface area contributed by atoms with E-state index in [1.807, 2.05) is 24.4 Å². The normalized spacial score (nSPS) is 12.8. The summed E-state index contributed by atoms with van der Waals surface area (Å²) in [4.78, 5) is 15.3. The molecule has 0 saturated heterocycles. The third-order valence-corrected chi connectivity index (χ3v) is 3.14. The molecular weight excluding hydrogens is 240 g/mol. The fraction of sp³-hybridized carbons (Fsp3) is 0.400. The zero-order valence-electron chi connectivity index (χ0n) is 11.3. The van der Waals surface area contributed by atoms with E-state index < -0.39 is 0 Å². The number of hydrogen-bond donors (Lipinski definition) is 3. The molecule has 0 fully saturated rings. The Hall–Kier alpha value is -1.81. The number of rotatable bonds is 5. The number of fused-ring (bicyclic) bond motifs is 1. The predicted octanol–water partition coefficient (Wildman–Crippen LogP) is 2.30. The van der Waals surface area contributed by atoms with Gasteiger partial charge in [-0.3, -0.25) is 4.79 Å². The minimum absolute atomic E-state index is 0.0371. The second-order valence-corrected chi connectivity index (χ2v) is 5.23. The summed E-state index contributed by atoms with van der Waals surface area (Å²) in [5, 5.41) is 13.2. The Labute approximate surface area is 112 Å². The summed E-state index contributed by atoms with van der Waals surface area (Å²) in [5.41, 5.74) is 1.45. The number of carbonyl (C=O) groups excluding carboxylic acids is 1. The van der Waals surface area contributed by atoms with Crippen molar-refractivity contribution in [2.45, 2.75) is 26.3 Å². The first kappa shape index (κ1) is 13.6. The first-order chi connectivity index (χ1) is 9.11. The van der Waals surface area contributed by atoms with Crippen LogP contribution >= 0.6 is 0 Å². The van der Waals surface area contributed by atoms with Crippen molar-refractivity contribution in [3.05, 3.63) is 36.0 Å². The Morgan fingerprint density at radius 3 is 2.84 bits per heavy atom. The summed E-state index contributed by atoms with van der Waals surface area (Å²) in [7, 11) is 0. The molecule has 1 unspecified atom stereocenters. The molecule has 0 spiro atoms. The van der Waals surface area contributed by atoms with Crippen LogP contribution in [0, 0.1) is 5.92 Å². The lowest BCUT2D eigenvalue weighted by Gasteiger charge is -2.18. The lowest BCUT2D eigenvalue weighted by Crippen LogP contribution is -2.38. The van der Waals surface area contributed by atoms with Crippen LogP contribution in [0.4, 0.5) is 0 Å². The first-order valence-electron chi connectivity index (χ1n) is 6.59. The van der Waals surface area contributed by atoms with Crippen LogP contribution in [-0.4, -0.2) is 28.6 Å². The Morgan fingerprint density at radius 2 is 2.16 bits per heavy atom. The van der Waals surface area contributed by atoms with Gasteiger partial charge in [-0.2, -0.15) is 0 Å². The molecule has 0 aliphatic rings. The number of para-hydroxylation sites is 1. The van der Waals surface area contributed by atoms with Gasteiger partial charge in [-0.15, -0.1) is 0 Å². The van der Waals surface area contributed by atoms with E-state index in [4.69, 9.17) is 0 Å². The smallest absolute Gasteiger partial charge is 0.253 e. The lowest BCUT2D eigenvalue weighted by molar-refractivity contribution is 0.0910. The summed E-state index contributed by atoms with van der Waals surface area (Å²) >= 11 is 0. The number of aliphatic hydroxyl groups is 1. The standard InChI is InChI=1S/C15H20N2O2/c1-10(2)8-12(9-18)17-15(19)13-5-3-4-11-6-7-16-14(11)13/h3-7,10,12,16,18H,8-9H2,1-2H3,(H,17,19). The molecule has 2 aromatic rings. The number of amides is 1. The van der Waals surface area contributed by atoms with Crippen LogP contribution in [0.2, 0.25) is 0 Å². The highest BCUT2D eigenvalue weighted by atomic mass is 16.3. The molecule has 4 heteroatoms. The molecule has 1 amide bonds. The molecule has 19 heavy (non-hydrogen) atoms. The number of aromatic nitrogens is 1. The Balaban J connectivity index is 2.17. The number of aromatic amines is 1. The quantitative estimate of drug-likeness (QED) is 0.772. The number of H-pyrrole nitrogens is 1. The number of benzene rings is 1. The maximum atomic E-state index is 12.3. The molecule has 1 aromatic heterocycles. The van der Waals surface area contributed by atoms with Gasteiger partial charge in [-0.1, -0.05) is 26.0 Å². The van der Waals surface area contributed by atoms with Gasteiger partial charge in [-0.25, -0.2) is 0 Å². The van der Waals surface area contributed by atoms with Crippen LogP contribution in [0.15, 0.2) is 30.5 Å². The zero-order chi connectivity index (χ0) is 13.8. The zero-order valence-corrected chi connectivity index (χ0v) is 11.3. The van der Waals surface area contributed by atoms with Crippen LogP contribution in [0.25, 0.3) is 10.9 Å². The molecular formula is C15H20N2O2. The summed E-state index contributed by atoms with van der Waals surface area (Å²) < 4.78 is 0. The van der Waals surface area contributed by atoms with E-state index in [1.165, 1.54) is 0 Å². The fourth-order valence-corrected chi connectivity index (χ4v) is 2.29. The molecule has 2 rings (SSSR count). The van der Waals surface area contributed by atoms with E-state index >= 15 is 0 Å². The van der Waals surface area contributed by atoms with Crippen molar-refractivity contribution < 1.29 is 9.90 Å². The Bertz CT molecular complexity index is 560. The fourth-order valence-electron chi connectivity index (χ4n) is 2.29.